The normalized spacial score (nSPS) is 10.7. The molecule has 0 amide bonds. The van der Waals surface area contributed by atoms with Crippen LogP contribution in [-0.2, 0) is 20.0 Å². The van der Waals surface area contributed by atoms with E-state index in [9.17, 15) is 0 Å². The lowest BCUT2D eigenvalue weighted by Crippen LogP contribution is -2.16. The van der Waals surface area contributed by atoms with Gasteiger partial charge in [-0.2, -0.15) is 5.10 Å². The summed E-state index contributed by atoms with van der Waals surface area (Å²) in [5.41, 5.74) is 3.83. The average Bonchev–Trinajstić information content (AvgIpc) is 2.81. The summed E-state index contributed by atoms with van der Waals surface area (Å²) in [6.45, 7) is 1.88. The first-order valence-corrected chi connectivity index (χ1v) is 6.59. The van der Waals surface area contributed by atoms with Crippen LogP contribution in [0.5, 0.6) is 0 Å². The van der Waals surface area contributed by atoms with Crippen LogP contribution in [0.4, 0.5) is 5.69 Å². The number of aromatic nitrogens is 2. The molecular formula is C15H22N4. The predicted molar refractivity (Wildman–Crippen MR) is 79.4 cm³/mol. The largest absolute Gasteiger partial charge is 0.378 e. The van der Waals surface area contributed by atoms with E-state index in [0.717, 1.165) is 19.5 Å². The van der Waals surface area contributed by atoms with E-state index >= 15 is 0 Å². The van der Waals surface area contributed by atoms with Crippen LogP contribution in [-0.4, -0.2) is 30.4 Å². The first-order chi connectivity index (χ1) is 9.15. The predicted octanol–water partition coefficient (Wildman–Crippen LogP) is 1.82. The smallest absolute Gasteiger partial charge is 0.0522 e. The molecule has 2 aromatic rings. The third-order valence-electron chi connectivity index (χ3n) is 3.13. The molecule has 1 aromatic carbocycles. The molecule has 1 N–H and O–H groups in total. The van der Waals surface area contributed by atoms with Crippen molar-refractivity contribution in [2.45, 2.75) is 13.0 Å². The molecule has 0 unspecified atom stereocenters. The topological polar surface area (TPSA) is 33.1 Å². The maximum Gasteiger partial charge on any atom is 0.0522 e. The highest BCUT2D eigenvalue weighted by Crippen LogP contribution is 2.11. The second-order valence-electron chi connectivity index (χ2n) is 5.01. The zero-order valence-electron chi connectivity index (χ0n) is 11.9. The zero-order valence-corrected chi connectivity index (χ0v) is 11.9. The quantitative estimate of drug-likeness (QED) is 0.802. The first-order valence-electron chi connectivity index (χ1n) is 6.59. The highest BCUT2D eigenvalue weighted by molar-refractivity contribution is 5.45. The molecular weight excluding hydrogens is 236 g/mol. The first kappa shape index (κ1) is 13.6. The fourth-order valence-corrected chi connectivity index (χ4v) is 1.98. The lowest BCUT2D eigenvalue weighted by atomic mass is 10.2. The number of rotatable bonds is 6. The van der Waals surface area contributed by atoms with Gasteiger partial charge in [0.15, 0.2) is 0 Å². The van der Waals surface area contributed by atoms with Crippen LogP contribution in [0, 0.1) is 0 Å². The minimum absolute atomic E-state index is 0.911. The molecule has 102 valence electrons. The van der Waals surface area contributed by atoms with Crippen LogP contribution in [0.15, 0.2) is 36.7 Å². The molecule has 0 saturated carbocycles. The molecule has 0 radical (unpaired) electrons. The molecule has 4 heteroatoms. The minimum atomic E-state index is 0.911. The highest BCUT2D eigenvalue weighted by atomic mass is 15.2. The van der Waals surface area contributed by atoms with Crippen molar-refractivity contribution in [3.63, 3.8) is 0 Å². The van der Waals surface area contributed by atoms with E-state index < -0.39 is 0 Å². The molecule has 4 nitrogen and oxygen atoms in total. The average molecular weight is 258 g/mol. The van der Waals surface area contributed by atoms with E-state index in [-0.39, 0.29) is 0 Å². The number of anilines is 1. The fraction of sp³-hybridized carbons (Fsp3) is 0.400. The van der Waals surface area contributed by atoms with Crippen molar-refractivity contribution in [3.8, 4) is 0 Å². The highest BCUT2D eigenvalue weighted by Gasteiger charge is 1.98. The summed E-state index contributed by atoms with van der Waals surface area (Å²) in [5, 5.41) is 7.62. The Balaban J connectivity index is 1.73. The van der Waals surface area contributed by atoms with E-state index in [4.69, 9.17) is 0 Å². The van der Waals surface area contributed by atoms with Crippen LogP contribution in [0.3, 0.4) is 0 Å². The third-order valence-corrected chi connectivity index (χ3v) is 3.13. The Morgan fingerprint density at radius 2 is 1.89 bits per heavy atom. The fourth-order valence-electron chi connectivity index (χ4n) is 1.98. The lowest BCUT2D eigenvalue weighted by Gasteiger charge is -2.12. The van der Waals surface area contributed by atoms with Crippen LogP contribution >= 0.6 is 0 Å². The summed E-state index contributed by atoms with van der Waals surface area (Å²) >= 11 is 0. The Hall–Kier alpha value is -1.81. The second-order valence-corrected chi connectivity index (χ2v) is 5.01. The molecule has 1 aromatic heterocycles. The third kappa shape index (κ3) is 4.10. The molecule has 2 rings (SSSR count). The Labute approximate surface area is 115 Å². The summed E-state index contributed by atoms with van der Waals surface area (Å²) in [6, 6.07) is 8.65. The van der Waals surface area contributed by atoms with Gasteiger partial charge in [0.25, 0.3) is 0 Å². The Morgan fingerprint density at radius 3 is 2.47 bits per heavy atom. The van der Waals surface area contributed by atoms with E-state index in [1.165, 1.54) is 16.8 Å². The Bertz CT molecular complexity index is 499. The van der Waals surface area contributed by atoms with Gasteiger partial charge in [0.05, 0.1) is 6.20 Å². The Kier molecular flexibility index (Phi) is 4.58. The van der Waals surface area contributed by atoms with Crippen LogP contribution in [0.2, 0.25) is 0 Å². The Morgan fingerprint density at radius 1 is 1.16 bits per heavy atom. The van der Waals surface area contributed by atoms with Gasteiger partial charge in [-0.1, -0.05) is 12.1 Å². The summed E-state index contributed by atoms with van der Waals surface area (Å²) in [5.74, 6) is 0. The van der Waals surface area contributed by atoms with Crippen molar-refractivity contribution >= 4 is 5.69 Å². The number of nitrogens with one attached hydrogen (secondary N) is 1. The van der Waals surface area contributed by atoms with E-state index in [1.807, 2.05) is 17.9 Å². The number of benzene rings is 1. The molecule has 0 aliphatic carbocycles. The molecule has 0 spiro atoms. The lowest BCUT2D eigenvalue weighted by molar-refractivity contribution is 0.686. The van der Waals surface area contributed by atoms with Crippen molar-refractivity contribution in [1.82, 2.24) is 15.1 Å². The molecule has 0 bridgehead atoms. The number of aryl methyl sites for hydroxylation is 1. The number of hydrogen-bond donors (Lipinski definition) is 1. The maximum absolute atomic E-state index is 4.16. The maximum atomic E-state index is 4.16. The van der Waals surface area contributed by atoms with Crippen molar-refractivity contribution in [2.75, 3.05) is 25.5 Å². The summed E-state index contributed by atoms with van der Waals surface area (Å²) < 4.78 is 1.84. The van der Waals surface area contributed by atoms with Gasteiger partial charge in [-0.3, -0.25) is 4.68 Å². The van der Waals surface area contributed by atoms with Crippen molar-refractivity contribution < 1.29 is 0 Å². The van der Waals surface area contributed by atoms with Gasteiger partial charge in [0.2, 0.25) is 0 Å². The second kappa shape index (κ2) is 6.38. The van der Waals surface area contributed by atoms with Gasteiger partial charge in [0, 0.05) is 39.6 Å². The van der Waals surface area contributed by atoms with E-state index in [1.54, 1.807) is 0 Å². The molecule has 0 atom stereocenters. The van der Waals surface area contributed by atoms with Gasteiger partial charge >= 0.3 is 0 Å². The molecule has 19 heavy (non-hydrogen) atoms. The van der Waals surface area contributed by atoms with Crippen molar-refractivity contribution in [2.24, 2.45) is 7.05 Å². The van der Waals surface area contributed by atoms with Crippen LogP contribution < -0.4 is 10.2 Å². The number of nitrogens with zero attached hydrogens (tertiary/aromatic N) is 3. The van der Waals surface area contributed by atoms with Crippen LogP contribution in [0.1, 0.15) is 11.1 Å². The molecule has 0 aliphatic heterocycles. The van der Waals surface area contributed by atoms with Gasteiger partial charge in [0.1, 0.15) is 0 Å². The number of hydrogen-bond acceptors (Lipinski definition) is 3. The standard InChI is InChI=1S/C15H22N4/c1-18(2)15-6-4-13(5-7-15)10-16-9-8-14-11-17-19(3)12-14/h4-7,11-12,16H,8-10H2,1-3H3. The van der Waals surface area contributed by atoms with E-state index in [2.05, 4.69) is 59.9 Å². The molecule has 1 heterocycles. The molecule has 0 saturated heterocycles. The van der Waals surface area contributed by atoms with Gasteiger partial charge in [-0.15, -0.1) is 0 Å². The van der Waals surface area contributed by atoms with Gasteiger partial charge < -0.3 is 10.2 Å². The zero-order chi connectivity index (χ0) is 13.7. The monoisotopic (exact) mass is 258 g/mol. The van der Waals surface area contributed by atoms with Crippen molar-refractivity contribution in [1.29, 1.82) is 0 Å². The van der Waals surface area contributed by atoms with Crippen LogP contribution in [0.25, 0.3) is 0 Å². The van der Waals surface area contributed by atoms with Gasteiger partial charge in [-0.25, -0.2) is 0 Å². The summed E-state index contributed by atoms with van der Waals surface area (Å²) in [7, 11) is 6.06. The molecule has 0 aliphatic rings. The summed E-state index contributed by atoms with van der Waals surface area (Å²) in [6.07, 6.45) is 5.00. The van der Waals surface area contributed by atoms with Crippen molar-refractivity contribution in [3.05, 3.63) is 47.8 Å². The SMILES string of the molecule is CN(C)c1ccc(CNCCc2cnn(C)c2)cc1. The van der Waals surface area contributed by atoms with E-state index in [0.29, 0.717) is 0 Å². The molecule has 0 fully saturated rings. The van der Waals surface area contributed by atoms with Gasteiger partial charge in [-0.05, 0) is 36.2 Å². The minimum Gasteiger partial charge on any atom is -0.378 e. The summed E-state index contributed by atoms with van der Waals surface area (Å²) in [4.78, 5) is 2.11.